The van der Waals surface area contributed by atoms with Gasteiger partial charge in [0.1, 0.15) is 5.70 Å². The van der Waals surface area contributed by atoms with Crippen molar-refractivity contribution < 1.29 is 4.79 Å². The van der Waals surface area contributed by atoms with E-state index < -0.39 is 0 Å². The van der Waals surface area contributed by atoms with Crippen LogP contribution in [0.4, 0.5) is 0 Å². The number of nitrogens with zero attached hydrogens (tertiary/aromatic N) is 3. The molecule has 1 aliphatic carbocycles. The highest BCUT2D eigenvalue weighted by atomic mass is 16.2. The standard InChI is InChI=1S/C17H28N4O/c1-11(2)21-9-12(3)16(10-21)20-17(22)15(18-5)8-19-13(4)14-6-7-14/h8,11-12,14,16H,5-7,9-10H2,1-4H3,(H,20,22)/b15-8-,19-13+/t12-,16-/m1/s1. The van der Waals surface area contributed by atoms with Crippen molar-refractivity contribution in [2.45, 2.75) is 52.6 Å². The fourth-order valence-corrected chi connectivity index (χ4v) is 2.80. The van der Waals surface area contributed by atoms with Crippen LogP contribution in [0.2, 0.25) is 0 Å². The minimum atomic E-state index is -0.176. The molecular weight excluding hydrogens is 276 g/mol. The molecular formula is C17H28N4O. The Balaban J connectivity index is 1.96. The van der Waals surface area contributed by atoms with E-state index in [0.29, 0.717) is 23.6 Å². The van der Waals surface area contributed by atoms with Gasteiger partial charge in [0.2, 0.25) is 0 Å². The molecule has 1 saturated heterocycles. The lowest BCUT2D eigenvalue weighted by Crippen LogP contribution is -2.41. The quantitative estimate of drug-likeness (QED) is 0.604. The fraction of sp³-hybridized carbons (Fsp3) is 0.706. The number of rotatable bonds is 6. The Labute approximate surface area is 133 Å². The zero-order valence-electron chi connectivity index (χ0n) is 14.2. The summed E-state index contributed by atoms with van der Waals surface area (Å²) in [5, 5.41) is 3.08. The molecule has 0 aromatic rings. The van der Waals surface area contributed by atoms with Gasteiger partial charge >= 0.3 is 0 Å². The minimum absolute atomic E-state index is 0.161. The van der Waals surface area contributed by atoms with Gasteiger partial charge in [-0.15, -0.1) is 0 Å². The molecule has 1 heterocycles. The maximum absolute atomic E-state index is 12.3. The van der Waals surface area contributed by atoms with Crippen LogP contribution in [0.3, 0.4) is 0 Å². The molecule has 0 radical (unpaired) electrons. The average molecular weight is 304 g/mol. The van der Waals surface area contributed by atoms with Crippen LogP contribution in [0.25, 0.3) is 0 Å². The molecule has 0 aromatic carbocycles. The first-order valence-electron chi connectivity index (χ1n) is 8.18. The van der Waals surface area contributed by atoms with E-state index in [9.17, 15) is 4.79 Å². The Bertz CT molecular complexity index is 491. The van der Waals surface area contributed by atoms with Gasteiger partial charge in [0.15, 0.2) is 0 Å². The largest absolute Gasteiger partial charge is 0.346 e. The highest BCUT2D eigenvalue weighted by molar-refractivity contribution is 5.94. The molecule has 0 unspecified atom stereocenters. The summed E-state index contributed by atoms with van der Waals surface area (Å²) in [5.41, 5.74) is 1.38. The summed E-state index contributed by atoms with van der Waals surface area (Å²) in [7, 11) is 0. The summed E-state index contributed by atoms with van der Waals surface area (Å²) in [6, 6.07) is 0.663. The molecule has 0 bridgehead atoms. The first kappa shape index (κ1) is 16.9. The number of hydrogen-bond donors (Lipinski definition) is 1. The Morgan fingerprint density at radius 2 is 2.05 bits per heavy atom. The molecule has 5 heteroatoms. The fourth-order valence-electron chi connectivity index (χ4n) is 2.80. The molecule has 122 valence electrons. The second-order valence-corrected chi connectivity index (χ2v) is 6.82. The van der Waals surface area contributed by atoms with Gasteiger partial charge in [-0.25, -0.2) is 0 Å². The number of nitrogens with one attached hydrogen (secondary N) is 1. The second-order valence-electron chi connectivity index (χ2n) is 6.82. The van der Waals surface area contributed by atoms with E-state index in [4.69, 9.17) is 0 Å². The van der Waals surface area contributed by atoms with Crippen molar-refractivity contribution in [1.82, 2.24) is 10.2 Å². The monoisotopic (exact) mass is 304 g/mol. The normalized spacial score (nSPS) is 27.3. The second kappa shape index (κ2) is 7.18. The zero-order chi connectivity index (χ0) is 16.3. The molecule has 1 saturated carbocycles. The maximum atomic E-state index is 12.3. The van der Waals surface area contributed by atoms with Crippen LogP contribution in [0, 0.1) is 11.8 Å². The lowest BCUT2D eigenvalue weighted by Gasteiger charge is -2.20. The van der Waals surface area contributed by atoms with Gasteiger partial charge in [0, 0.05) is 30.9 Å². The van der Waals surface area contributed by atoms with E-state index in [0.717, 1.165) is 18.8 Å². The third-order valence-corrected chi connectivity index (χ3v) is 4.65. The van der Waals surface area contributed by atoms with Crippen LogP contribution in [-0.4, -0.2) is 48.4 Å². The van der Waals surface area contributed by atoms with Gasteiger partial charge in [-0.1, -0.05) is 6.92 Å². The lowest BCUT2D eigenvalue weighted by atomic mass is 10.1. The number of aliphatic imine (C=N–C) groups is 2. The topological polar surface area (TPSA) is 57.1 Å². The van der Waals surface area contributed by atoms with E-state index in [2.05, 4.69) is 47.7 Å². The van der Waals surface area contributed by atoms with E-state index in [1.807, 2.05) is 6.92 Å². The molecule has 0 aromatic heterocycles. The van der Waals surface area contributed by atoms with Gasteiger partial charge in [0.25, 0.3) is 5.91 Å². The highest BCUT2D eigenvalue weighted by Gasteiger charge is 2.32. The van der Waals surface area contributed by atoms with Crippen molar-refractivity contribution >= 4 is 18.3 Å². The van der Waals surface area contributed by atoms with Crippen molar-refractivity contribution in [3.63, 3.8) is 0 Å². The van der Waals surface area contributed by atoms with Crippen LogP contribution in [-0.2, 0) is 4.79 Å². The third-order valence-electron chi connectivity index (χ3n) is 4.65. The van der Waals surface area contributed by atoms with Crippen LogP contribution in [0.15, 0.2) is 21.9 Å². The molecule has 1 aliphatic heterocycles. The van der Waals surface area contributed by atoms with Crippen LogP contribution in [0.1, 0.15) is 40.5 Å². The Kier molecular flexibility index (Phi) is 5.51. The first-order chi connectivity index (χ1) is 10.4. The summed E-state index contributed by atoms with van der Waals surface area (Å²) >= 11 is 0. The molecule has 1 amide bonds. The van der Waals surface area contributed by atoms with Crippen molar-refractivity contribution in [3.05, 3.63) is 11.9 Å². The van der Waals surface area contributed by atoms with E-state index in [-0.39, 0.29) is 11.9 Å². The van der Waals surface area contributed by atoms with Gasteiger partial charge in [-0.3, -0.25) is 19.7 Å². The van der Waals surface area contributed by atoms with Crippen molar-refractivity contribution in [1.29, 1.82) is 0 Å². The summed E-state index contributed by atoms with van der Waals surface area (Å²) in [4.78, 5) is 22.9. The predicted octanol–water partition coefficient (Wildman–Crippen LogP) is 2.24. The van der Waals surface area contributed by atoms with E-state index in [1.165, 1.54) is 12.8 Å². The van der Waals surface area contributed by atoms with E-state index >= 15 is 0 Å². The molecule has 22 heavy (non-hydrogen) atoms. The number of carbonyl (C=O) groups excluding carboxylic acids is 1. The van der Waals surface area contributed by atoms with Crippen molar-refractivity contribution in [2.24, 2.45) is 21.8 Å². The average Bonchev–Trinajstić information content (AvgIpc) is 3.25. The molecule has 0 spiro atoms. The smallest absolute Gasteiger partial charge is 0.271 e. The summed E-state index contributed by atoms with van der Waals surface area (Å²) in [5.74, 6) is 0.860. The molecule has 2 rings (SSSR count). The van der Waals surface area contributed by atoms with Gasteiger partial charge in [0.05, 0.1) is 6.20 Å². The number of amides is 1. The van der Waals surface area contributed by atoms with E-state index in [1.54, 1.807) is 6.20 Å². The predicted molar refractivity (Wildman–Crippen MR) is 91.3 cm³/mol. The number of hydrogen-bond acceptors (Lipinski definition) is 4. The highest BCUT2D eigenvalue weighted by Crippen LogP contribution is 2.30. The molecule has 1 N–H and O–H groups in total. The Morgan fingerprint density at radius 1 is 1.36 bits per heavy atom. The van der Waals surface area contributed by atoms with Gasteiger partial charge < -0.3 is 5.32 Å². The van der Waals surface area contributed by atoms with Gasteiger partial charge in [-0.05, 0) is 52.2 Å². The van der Waals surface area contributed by atoms with Gasteiger partial charge in [-0.2, -0.15) is 0 Å². The van der Waals surface area contributed by atoms with Crippen molar-refractivity contribution in [3.8, 4) is 0 Å². The SMILES string of the molecule is C=N/C(=C\N=C(/C)C1CC1)C(=O)N[C@@H]1CN(C(C)C)C[C@H]1C. The summed E-state index contributed by atoms with van der Waals surface area (Å²) in [6.45, 7) is 14.0. The third kappa shape index (κ3) is 4.26. The van der Waals surface area contributed by atoms with Crippen LogP contribution < -0.4 is 5.32 Å². The Morgan fingerprint density at radius 3 is 2.55 bits per heavy atom. The molecule has 2 aliphatic rings. The van der Waals surface area contributed by atoms with Crippen molar-refractivity contribution in [2.75, 3.05) is 13.1 Å². The lowest BCUT2D eigenvalue weighted by molar-refractivity contribution is -0.118. The zero-order valence-corrected chi connectivity index (χ0v) is 14.2. The van der Waals surface area contributed by atoms with Crippen LogP contribution >= 0.6 is 0 Å². The first-order valence-corrected chi connectivity index (χ1v) is 8.18. The molecule has 5 nitrogen and oxygen atoms in total. The number of carbonyl (C=O) groups is 1. The number of likely N-dealkylation sites (tertiary alicyclic amines) is 1. The summed E-state index contributed by atoms with van der Waals surface area (Å²) < 4.78 is 0. The minimum Gasteiger partial charge on any atom is -0.346 e. The maximum Gasteiger partial charge on any atom is 0.271 e. The molecule has 2 fully saturated rings. The van der Waals surface area contributed by atoms with Crippen LogP contribution in [0.5, 0.6) is 0 Å². The summed E-state index contributed by atoms with van der Waals surface area (Å²) in [6.07, 6.45) is 3.96. The molecule has 2 atom stereocenters. The Hall–Kier alpha value is -1.49.